The molecule has 0 bridgehead atoms. The monoisotopic (exact) mass is 555 g/mol. The number of carbonyl (C=O) groups is 2. The quantitative estimate of drug-likeness (QED) is 0.381. The zero-order valence-electron chi connectivity index (χ0n) is 22.2. The number of hydrogen-bond acceptors (Lipinski definition) is 4. The van der Waals surface area contributed by atoms with Crippen LogP contribution in [0.15, 0.2) is 48.5 Å². The van der Waals surface area contributed by atoms with Gasteiger partial charge in [-0.1, -0.05) is 44.2 Å². The lowest BCUT2D eigenvalue weighted by Gasteiger charge is -2.31. The third-order valence-corrected chi connectivity index (χ3v) is 7.34. The van der Waals surface area contributed by atoms with Gasteiger partial charge in [-0.25, -0.2) is 8.42 Å². The van der Waals surface area contributed by atoms with Crippen LogP contribution < -0.4 is 9.62 Å². The van der Waals surface area contributed by atoms with Gasteiger partial charge in [0.05, 0.1) is 17.5 Å². The molecule has 2 rings (SSSR count). The smallest absolute Gasteiger partial charge is 0.354 e. The van der Waals surface area contributed by atoms with Crippen molar-refractivity contribution in [3.05, 3.63) is 65.2 Å². The van der Waals surface area contributed by atoms with E-state index >= 15 is 0 Å². The van der Waals surface area contributed by atoms with Crippen LogP contribution in [0.5, 0.6) is 0 Å². The van der Waals surface area contributed by atoms with Crippen molar-refractivity contribution in [2.75, 3.05) is 23.7 Å². The van der Waals surface area contributed by atoms with Crippen molar-refractivity contribution in [2.24, 2.45) is 0 Å². The van der Waals surface area contributed by atoms with E-state index in [9.17, 15) is 31.2 Å². The number of nitrogens with zero attached hydrogens (tertiary/aromatic N) is 2. The second kappa shape index (κ2) is 13.6. The average Bonchev–Trinajstić information content (AvgIpc) is 2.85. The summed E-state index contributed by atoms with van der Waals surface area (Å²) in [6.07, 6.45) is -2.63. The molecule has 1 atom stereocenters. The molecule has 0 aliphatic carbocycles. The van der Waals surface area contributed by atoms with E-state index in [1.807, 2.05) is 45.0 Å². The number of anilines is 1. The van der Waals surface area contributed by atoms with Gasteiger partial charge in [-0.3, -0.25) is 13.9 Å². The fourth-order valence-corrected chi connectivity index (χ4v) is 5.06. The van der Waals surface area contributed by atoms with Crippen molar-refractivity contribution in [3.63, 3.8) is 0 Å². The van der Waals surface area contributed by atoms with Crippen LogP contribution in [0.4, 0.5) is 18.9 Å². The first-order chi connectivity index (χ1) is 17.8. The number of amides is 2. The van der Waals surface area contributed by atoms with Gasteiger partial charge in [-0.2, -0.15) is 13.2 Å². The molecule has 0 aliphatic heterocycles. The maximum atomic E-state index is 13.4. The molecule has 0 saturated heterocycles. The molecule has 0 heterocycles. The summed E-state index contributed by atoms with van der Waals surface area (Å²) in [6.45, 7) is 6.13. The second-order valence-corrected chi connectivity index (χ2v) is 11.1. The predicted octanol–water partition coefficient (Wildman–Crippen LogP) is 4.89. The summed E-state index contributed by atoms with van der Waals surface area (Å²) < 4.78 is 65.3. The zero-order chi connectivity index (χ0) is 28.5. The number of hydrogen-bond donors (Lipinski definition) is 1. The standard InChI is InChI=1S/C27H36F3N3O4S/c1-5-16-31-26(35)24(6-2)32(19-21-12-8-7-11-20(21)3)25(34)15-10-17-33(38(4,36)37)23-14-9-13-22(18-23)27(28,29)30/h7-9,11-14,18,24H,5-6,10,15-17,19H2,1-4H3,(H,31,35)/t24-/m0/s1. The fraction of sp³-hybridized carbons (Fsp3) is 0.481. The molecule has 0 radical (unpaired) electrons. The summed E-state index contributed by atoms with van der Waals surface area (Å²) in [7, 11) is -3.92. The van der Waals surface area contributed by atoms with Crippen molar-refractivity contribution >= 4 is 27.5 Å². The number of sulfonamides is 1. The highest BCUT2D eigenvalue weighted by Gasteiger charge is 2.32. The lowest BCUT2D eigenvalue weighted by molar-refractivity contribution is -0.141. The first-order valence-electron chi connectivity index (χ1n) is 12.6. The molecule has 7 nitrogen and oxygen atoms in total. The summed E-state index contributed by atoms with van der Waals surface area (Å²) in [5.41, 5.74) is 0.746. The van der Waals surface area contributed by atoms with Crippen LogP contribution in [0.1, 0.15) is 56.2 Å². The highest BCUT2D eigenvalue weighted by molar-refractivity contribution is 7.92. The van der Waals surface area contributed by atoms with Gasteiger partial charge < -0.3 is 10.2 Å². The highest BCUT2D eigenvalue weighted by atomic mass is 32.2. The predicted molar refractivity (Wildman–Crippen MR) is 142 cm³/mol. The number of nitrogens with one attached hydrogen (secondary N) is 1. The largest absolute Gasteiger partial charge is 0.416 e. The molecule has 2 aromatic rings. The van der Waals surface area contributed by atoms with E-state index < -0.39 is 27.8 Å². The highest BCUT2D eigenvalue weighted by Crippen LogP contribution is 2.32. The number of alkyl halides is 3. The van der Waals surface area contributed by atoms with Gasteiger partial charge in [0.2, 0.25) is 21.8 Å². The van der Waals surface area contributed by atoms with Crippen LogP contribution in [0.25, 0.3) is 0 Å². The first kappa shape index (κ1) is 31.1. The van der Waals surface area contributed by atoms with Crippen LogP contribution in [0.2, 0.25) is 0 Å². The minimum Gasteiger partial charge on any atom is -0.354 e. The van der Waals surface area contributed by atoms with Gasteiger partial charge in [0.15, 0.2) is 0 Å². The molecule has 0 fully saturated rings. The van der Waals surface area contributed by atoms with Crippen LogP contribution >= 0.6 is 0 Å². The Morgan fingerprint density at radius 1 is 1.05 bits per heavy atom. The molecule has 1 N–H and O–H groups in total. The van der Waals surface area contributed by atoms with Crippen molar-refractivity contribution in [1.82, 2.24) is 10.2 Å². The third-order valence-electron chi connectivity index (χ3n) is 6.15. The van der Waals surface area contributed by atoms with Gasteiger partial charge in [0.1, 0.15) is 6.04 Å². The van der Waals surface area contributed by atoms with Crippen molar-refractivity contribution < 1.29 is 31.2 Å². The molecule has 0 aliphatic rings. The number of carbonyl (C=O) groups excluding carboxylic acids is 2. The Balaban J connectivity index is 2.26. The molecule has 0 saturated carbocycles. The number of aryl methyl sites for hydroxylation is 1. The van der Waals surface area contributed by atoms with Crippen molar-refractivity contribution in [1.29, 1.82) is 0 Å². The molecule has 2 aromatic carbocycles. The lowest BCUT2D eigenvalue weighted by Crippen LogP contribution is -2.49. The number of benzene rings is 2. The Hall–Kier alpha value is -3.08. The van der Waals surface area contributed by atoms with Gasteiger partial charge in [-0.15, -0.1) is 0 Å². The van der Waals surface area contributed by atoms with E-state index in [1.165, 1.54) is 11.0 Å². The van der Waals surface area contributed by atoms with Gasteiger partial charge in [-0.05, 0) is 55.5 Å². The van der Waals surface area contributed by atoms with Gasteiger partial charge in [0.25, 0.3) is 0 Å². The molecule has 38 heavy (non-hydrogen) atoms. The Bertz CT molecular complexity index is 1200. The number of rotatable bonds is 13. The average molecular weight is 556 g/mol. The van der Waals surface area contributed by atoms with E-state index in [2.05, 4.69) is 5.32 Å². The van der Waals surface area contributed by atoms with E-state index in [4.69, 9.17) is 0 Å². The minimum absolute atomic E-state index is 0.0550. The Kier molecular flexibility index (Phi) is 11.2. The number of halogens is 3. The maximum Gasteiger partial charge on any atom is 0.416 e. The van der Waals surface area contributed by atoms with Crippen LogP contribution in [-0.2, 0) is 32.3 Å². The molecule has 210 valence electrons. The maximum absolute atomic E-state index is 13.4. The summed E-state index contributed by atoms with van der Waals surface area (Å²) in [5.74, 6) is -0.609. The van der Waals surface area contributed by atoms with E-state index in [-0.39, 0.29) is 43.4 Å². The van der Waals surface area contributed by atoms with E-state index in [0.29, 0.717) is 13.0 Å². The lowest BCUT2D eigenvalue weighted by atomic mass is 10.1. The summed E-state index contributed by atoms with van der Waals surface area (Å²) >= 11 is 0. The third kappa shape index (κ3) is 8.75. The molecule has 2 amide bonds. The molecule has 11 heteroatoms. The second-order valence-electron chi connectivity index (χ2n) is 9.15. The first-order valence-corrected chi connectivity index (χ1v) is 14.4. The van der Waals surface area contributed by atoms with Gasteiger partial charge >= 0.3 is 6.18 Å². The molecule has 0 aromatic heterocycles. The Labute approximate surface area is 223 Å². The topological polar surface area (TPSA) is 86.8 Å². The van der Waals surface area contributed by atoms with Gasteiger partial charge in [0, 0.05) is 26.1 Å². The Morgan fingerprint density at radius 2 is 1.74 bits per heavy atom. The van der Waals surface area contributed by atoms with Crippen LogP contribution in [0.3, 0.4) is 0 Å². The Morgan fingerprint density at radius 3 is 2.32 bits per heavy atom. The summed E-state index contributed by atoms with van der Waals surface area (Å²) in [6, 6.07) is 10.9. The summed E-state index contributed by atoms with van der Waals surface area (Å²) in [4.78, 5) is 27.8. The molecule has 0 unspecified atom stereocenters. The molecular formula is C27H36F3N3O4S. The normalized spacial score (nSPS) is 12.6. The fourth-order valence-electron chi connectivity index (χ4n) is 4.10. The summed E-state index contributed by atoms with van der Waals surface area (Å²) in [5, 5.41) is 2.84. The van der Waals surface area contributed by atoms with E-state index in [0.717, 1.165) is 46.3 Å². The van der Waals surface area contributed by atoms with Crippen molar-refractivity contribution in [2.45, 2.75) is 65.2 Å². The minimum atomic E-state index is -4.63. The molecule has 0 spiro atoms. The van der Waals surface area contributed by atoms with Crippen molar-refractivity contribution in [3.8, 4) is 0 Å². The SMILES string of the molecule is CCCNC(=O)[C@H](CC)N(Cc1ccccc1C)C(=O)CCCN(c1cccc(C(F)(F)F)c1)S(C)(=O)=O. The van der Waals surface area contributed by atoms with E-state index in [1.54, 1.807) is 0 Å². The van der Waals surface area contributed by atoms with Crippen LogP contribution in [-0.4, -0.2) is 50.5 Å². The molecular weight excluding hydrogens is 519 g/mol. The van der Waals surface area contributed by atoms with Crippen LogP contribution in [0, 0.1) is 6.92 Å². The zero-order valence-corrected chi connectivity index (χ0v) is 23.0.